The Kier molecular flexibility index (Phi) is 6.13. The van der Waals surface area contributed by atoms with Crippen molar-refractivity contribution in [3.63, 3.8) is 0 Å². The second-order valence-electron chi connectivity index (χ2n) is 6.09. The molecule has 0 bridgehead atoms. The highest BCUT2D eigenvalue weighted by Gasteiger charge is 2.32. The maximum Gasteiger partial charge on any atom is 0.271 e. The van der Waals surface area contributed by atoms with Gasteiger partial charge in [0, 0.05) is 49.0 Å². The van der Waals surface area contributed by atoms with Crippen LogP contribution < -0.4 is 9.64 Å². The summed E-state index contributed by atoms with van der Waals surface area (Å²) in [4.78, 5) is 12.4. The van der Waals surface area contributed by atoms with Crippen molar-refractivity contribution in [1.29, 1.82) is 0 Å². The SMILES string of the molecule is COc1c(Br)cc(Cl)cc1S(=O)(=O)N1CCN(c2cccc([N+](=O)[O-])c2)CC1. The highest BCUT2D eigenvalue weighted by Crippen LogP contribution is 2.37. The number of non-ortho nitro benzene ring substituents is 1. The van der Waals surface area contributed by atoms with Crippen LogP contribution in [0.3, 0.4) is 0 Å². The van der Waals surface area contributed by atoms with E-state index in [-0.39, 0.29) is 34.4 Å². The van der Waals surface area contributed by atoms with Gasteiger partial charge in [0.1, 0.15) is 4.90 Å². The number of halogens is 2. The Balaban J connectivity index is 1.81. The molecule has 0 radical (unpaired) electrons. The molecule has 0 aromatic heterocycles. The molecule has 0 atom stereocenters. The Hall–Kier alpha value is -1.88. The van der Waals surface area contributed by atoms with Gasteiger partial charge in [0.05, 0.1) is 16.5 Å². The van der Waals surface area contributed by atoms with Gasteiger partial charge in [-0.25, -0.2) is 8.42 Å². The van der Waals surface area contributed by atoms with Crippen molar-refractivity contribution in [1.82, 2.24) is 4.31 Å². The molecule has 8 nitrogen and oxygen atoms in total. The van der Waals surface area contributed by atoms with Crippen LogP contribution in [0.4, 0.5) is 11.4 Å². The second kappa shape index (κ2) is 8.24. The number of hydrogen-bond acceptors (Lipinski definition) is 6. The maximum atomic E-state index is 13.1. The molecule has 0 saturated carbocycles. The second-order valence-corrected chi connectivity index (χ2v) is 9.28. The van der Waals surface area contributed by atoms with E-state index in [2.05, 4.69) is 15.9 Å². The first-order chi connectivity index (χ1) is 13.2. The number of methoxy groups -OCH3 is 1. The third-order valence-corrected chi connectivity index (χ3v) is 7.15. The number of rotatable bonds is 5. The van der Waals surface area contributed by atoms with Crippen molar-refractivity contribution >= 4 is 48.9 Å². The van der Waals surface area contributed by atoms with Gasteiger partial charge in [0.15, 0.2) is 5.75 Å². The lowest BCUT2D eigenvalue weighted by Crippen LogP contribution is -2.48. The van der Waals surface area contributed by atoms with E-state index in [0.717, 1.165) is 0 Å². The fraction of sp³-hybridized carbons (Fsp3) is 0.294. The standard InChI is InChI=1S/C17H17BrClN3O5S/c1-27-17-15(18)9-12(19)10-16(17)28(25,26)21-7-5-20(6-8-21)13-3-2-4-14(11-13)22(23)24/h2-4,9-11H,5-8H2,1H3. The minimum Gasteiger partial charge on any atom is -0.494 e. The lowest BCUT2D eigenvalue weighted by molar-refractivity contribution is -0.384. The van der Waals surface area contributed by atoms with Gasteiger partial charge >= 0.3 is 0 Å². The smallest absolute Gasteiger partial charge is 0.271 e. The van der Waals surface area contributed by atoms with Crippen molar-refractivity contribution in [2.45, 2.75) is 4.90 Å². The first kappa shape index (κ1) is 20.8. The zero-order valence-corrected chi connectivity index (χ0v) is 18.0. The molecule has 1 fully saturated rings. The Morgan fingerprint density at radius 3 is 2.46 bits per heavy atom. The summed E-state index contributed by atoms with van der Waals surface area (Å²) >= 11 is 9.31. The normalized spacial score (nSPS) is 15.5. The van der Waals surface area contributed by atoms with Crippen LogP contribution in [0.5, 0.6) is 5.75 Å². The van der Waals surface area contributed by atoms with Crippen LogP contribution in [0.15, 0.2) is 45.8 Å². The zero-order chi connectivity index (χ0) is 20.5. The van der Waals surface area contributed by atoms with Crippen LogP contribution in [0.25, 0.3) is 0 Å². The molecule has 0 amide bonds. The van der Waals surface area contributed by atoms with Crippen molar-refractivity contribution < 1.29 is 18.1 Å². The summed E-state index contributed by atoms with van der Waals surface area (Å²) in [5.74, 6) is 0.200. The van der Waals surface area contributed by atoms with Crippen molar-refractivity contribution in [3.8, 4) is 5.75 Å². The van der Waals surface area contributed by atoms with Crippen LogP contribution in [0, 0.1) is 10.1 Å². The fourth-order valence-corrected chi connectivity index (χ4v) is 5.85. The topological polar surface area (TPSA) is 93.0 Å². The third kappa shape index (κ3) is 4.09. The molecule has 1 saturated heterocycles. The number of nitro benzene ring substituents is 1. The Morgan fingerprint density at radius 1 is 1.18 bits per heavy atom. The quantitative estimate of drug-likeness (QED) is 0.470. The van der Waals surface area contributed by atoms with Gasteiger partial charge in [-0.15, -0.1) is 0 Å². The Morgan fingerprint density at radius 2 is 1.86 bits per heavy atom. The highest BCUT2D eigenvalue weighted by atomic mass is 79.9. The molecule has 28 heavy (non-hydrogen) atoms. The lowest BCUT2D eigenvalue weighted by Gasteiger charge is -2.35. The predicted octanol–water partition coefficient (Wildman–Crippen LogP) is 3.53. The van der Waals surface area contributed by atoms with Gasteiger partial charge in [-0.1, -0.05) is 17.7 Å². The van der Waals surface area contributed by atoms with Crippen LogP contribution >= 0.6 is 27.5 Å². The number of anilines is 1. The van der Waals surface area contributed by atoms with Crippen molar-refractivity contribution in [3.05, 3.63) is 56.0 Å². The molecule has 3 rings (SSSR count). The summed E-state index contributed by atoms with van der Waals surface area (Å²) in [7, 11) is -2.42. The van der Waals surface area contributed by atoms with Crippen LogP contribution in [-0.4, -0.2) is 50.9 Å². The number of sulfonamides is 1. The lowest BCUT2D eigenvalue weighted by atomic mass is 10.2. The molecule has 11 heteroatoms. The molecule has 1 aliphatic rings. The molecule has 2 aromatic carbocycles. The molecule has 0 unspecified atom stereocenters. The van der Waals surface area contributed by atoms with Crippen molar-refractivity contribution in [2.75, 3.05) is 38.2 Å². The van der Waals surface area contributed by atoms with Crippen molar-refractivity contribution in [2.24, 2.45) is 0 Å². The predicted molar refractivity (Wildman–Crippen MR) is 110 cm³/mol. The Labute approximate surface area is 176 Å². The minimum absolute atomic E-state index is 0.000986. The summed E-state index contributed by atoms with van der Waals surface area (Å²) in [6.07, 6.45) is 0. The molecular weight excluding hydrogens is 474 g/mol. The number of benzene rings is 2. The van der Waals surface area contributed by atoms with Gasteiger partial charge < -0.3 is 9.64 Å². The van der Waals surface area contributed by atoms with E-state index >= 15 is 0 Å². The van der Waals surface area contributed by atoms with E-state index in [0.29, 0.717) is 23.2 Å². The van der Waals surface area contributed by atoms with Gasteiger partial charge in [-0.3, -0.25) is 10.1 Å². The van der Waals surface area contributed by atoms with Crippen LogP contribution in [0.2, 0.25) is 5.02 Å². The summed E-state index contributed by atoms with van der Waals surface area (Å²) in [5, 5.41) is 11.2. The summed E-state index contributed by atoms with van der Waals surface area (Å²) in [5.41, 5.74) is 0.690. The number of hydrogen-bond donors (Lipinski definition) is 0. The summed E-state index contributed by atoms with van der Waals surface area (Å²) in [6, 6.07) is 9.24. The monoisotopic (exact) mass is 489 g/mol. The third-order valence-electron chi connectivity index (χ3n) is 4.44. The zero-order valence-electron chi connectivity index (χ0n) is 14.8. The van der Waals surface area contributed by atoms with E-state index in [1.54, 1.807) is 18.2 Å². The summed E-state index contributed by atoms with van der Waals surface area (Å²) in [6.45, 7) is 1.28. The molecule has 2 aromatic rings. The van der Waals surface area contributed by atoms with E-state index in [9.17, 15) is 18.5 Å². The highest BCUT2D eigenvalue weighted by molar-refractivity contribution is 9.10. The molecule has 0 aliphatic carbocycles. The number of ether oxygens (including phenoxy) is 1. The van der Waals surface area contributed by atoms with E-state index in [4.69, 9.17) is 16.3 Å². The maximum absolute atomic E-state index is 13.1. The number of nitrogens with zero attached hydrogens (tertiary/aromatic N) is 3. The molecule has 0 spiro atoms. The average molecular weight is 491 g/mol. The van der Waals surface area contributed by atoms with Gasteiger partial charge in [-0.05, 0) is 34.1 Å². The molecular formula is C17H17BrClN3O5S. The Bertz CT molecular complexity index is 1010. The van der Waals surface area contributed by atoms with Gasteiger partial charge in [-0.2, -0.15) is 4.31 Å². The largest absolute Gasteiger partial charge is 0.494 e. The molecule has 0 N–H and O–H groups in total. The van der Waals surface area contributed by atoms with Gasteiger partial charge in [0.2, 0.25) is 10.0 Å². The minimum atomic E-state index is -3.82. The van der Waals surface area contributed by atoms with Crippen LogP contribution in [0.1, 0.15) is 0 Å². The summed E-state index contributed by atoms with van der Waals surface area (Å²) < 4.78 is 33.3. The van der Waals surface area contributed by atoms with E-state index in [1.165, 1.54) is 29.6 Å². The molecule has 1 heterocycles. The number of nitro groups is 1. The van der Waals surface area contributed by atoms with E-state index in [1.807, 2.05) is 4.90 Å². The van der Waals surface area contributed by atoms with Gasteiger partial charge in [0.25, 0.3) is 5.69 Å². The number of piperazine rings is 1. The van der Waals surface area contributed by atoms with E-state index < -0.39 is 14.9 Å². The first-order valence-electron chi connectivity index (χ1n) is 8.26. The molecule has 150 valence electrons. The average Bonchev–Trinajstić information content (AvgIpc) is 2.67. The fourth-order valence-electron chi connectivity index (χ4n) is 3.06. The first-order valence-corrected chi connectivity index (χ1v) is 10.9. The van der Waals surface area contributed by atoms with Crippen LogP contribution in [-0.2, 0) is 10.0 Å². The molecule has 1 aliphatic heterocycles.